The van der Waals surface area contributed by atoms with Gasteiger partial charge in [0.05, 0.1) is 5.69 Å². The molecule has 1 saturated heterocycles. The fraction of sp³-hybridized carbons (Fsp3) is 0.556. The number of ether oxygens (including phenoxy) is 3. The van der Waals surface area contributed by atoms with Crippen LogP contribution in [0.4, 0.5) is 15.8 Å². The molecule has 6 nitrogen and oxygen atoms in total. The van der Waals surface area contributed by atoms with Gasteiger partial charge >= 0.3 is 0 Å². The molecule has 2 aromatic carbocycles. The third kappa shape index (κ3) is 3.79. The number of rotatable bonds is 5. The summed E-state index contributed by atoms with van der Waals surface area (Å²) < 4.78 is 31.9. The molecule has 0 spiro atoms. The fourth-order valence-corrected chi connectivity index (χ4v) is 5.60. The predicted molar refractivity (Wildman–Crippen MR) is 128 cm³/mol. The number of hydrogen-bond acceptors (Lipinski definition) is 6. The molecule has 1 unspecified atom stereocenters. The molecule has 4 aliphatic rings. The van der Waals surface area contributed by atoms with Crippen molar-refractivity contribution in [3.8, 4) is 11.5 Å². The van der Waals surface area contributed by atoms with Crippen LogP contribution in [-0.2, 0) is 21.6 Å². The van der Waals surface area contributed by atoms with E-state index in [1.807, 2.05) is 24.3 Å². The van der Waals surface area contributed by atoms with Crippen molar-refractivity contribution in [2.45, 2.75) is 70.6 Å². The van der Waals surface area contributed by atoms with Crippen molar-refractivity contribution in [1.29, 1.82) is 0 Å². The molecule has 0 amide bonds. The first-order chi connectivity index (χ1) is 16.3. The number of hydrogen-bond donors (Lipinski definition) is 1. The summed E-state index contributed by atoms with van der Waals surface area (Å²) in [6.07, 6.45) is 4.60. The van der Waals surface area contributed by atoms with E-state index in [0.717, 1.165) is 68.1 Å². The number of halogens is 1. The normalized spacial score (nSPS) is 23.2. The van der Waals surface area contributed by atoms with E-state index in [0.29, 0.717) is 17.8 Å². The average molecular weight is 469 g/mol. The summed E-state index contributed by atoms with van der Waals surface area (Å²) in [6, 6.07) is 10.2. The SMILES string of the molecule is CC(C)(C)C1Cc2cc(NOC3(c4ccc5c(c4)OCO5)CC3)c(F)cc2N1C1CCOCC1. The minimum atomic E-state index is -0.464. The molecular weight excluding hydrogens is 435 g/mol. The standard InChI is InChI=1S/C27H33FN2O4/c1-26(2,3)25-13-17-12-21(20(28)15-22(17)30(25)19-6-10-31-11-7-19)29-34-27(8-9-27)18-4-5-23-24(14-18)33-16-32-23/h4-5,12,14-15,19,25,29H,6-11,13,16H2,1-3H3. The van der Waals surface area contributed by atoms with Crippen molar-refractivity contribution < 1.29 is 23.4 Å². The molecule has 2 fully saturated rings. The highest BCUT2D eigenvalue weighted by Crippen LogP contribution is 2.51. The van der Waals surface area contributed by atoms with E-state index in [9.17, 15) is 0 Å². The van der Waals surface area contributed by atoms with Crippen molar-refractivity contribution in [1.82, 2.24) is 0 Å². The Morgan fingerprint density at radius 2 is 1.82 bits per heavy atom. The van der Waals surface area contributed by atoms with Crippen LogP contribution in [0.15, 0.2) is 30.3 Å². The Balaban J connectivity index is 1.24. The van der Waals surface area contributed by atoms with E-state index in [2.05, 4.69) is 31.2 Å². The lowest BCUT2D eigenvalue weighted by Crippen LogP contribution is -2.49. The Morgan fingerprint density at radius 1 is 1.06 bits per heavy atom. The van der Waals surface area contributed by atoms with Gasteiger partial charge in [-0.3, -0.25) is 10.3 Å². The molecule has 182 valence electrons. The number of anilines is 2. The molecule has 3 aliphatic heterocycles. The first-order valence-electron chi connectivity index (χ1n) is 12.4. The van der Waals surface area contributed by atoms with Crippen LogP contribution in [0.1, 0.15) is 57.6 Å². The van der Waals surface area contributed by atoms with Gasteiger partial charge in [0.25, 0.3) is 0 Å². The molecule has 1 saturated carbocycles. The van der Waals surface area contributed by atoms with E-state index in [-0.39, 0.29) is 18.0 Å². The van der Waals surface area contributed by atoms with Gasteiger partial charge in [-0.1, -0.05) is 26.8 Å². The number of nitrogens with one attached hydrogen (secondary N) is 1. The summed E-state index contributed by atoms with van der Waals surface area (Å²) in [5.74, 6) is 1.20. The van der Waals surface area contributed by atoms with Crippen LogP contribution in [0.5, 0.6) is 11.5 Å². The second kappa shape index (κ2) is 8.02. The van der Waals surface area contributed by atoms with Gasteiger partial charge in [0.15, 0.2) is 17.3 Å². The summed E-state index contributed by atoms with van der Waals surface area (Å²) in [4.78, 5) is 8.61. The molecule has 0 radical (unpaired) electrons. The monoisotopic (exact) mass is 468 g/mol. The van der Waals surface area contributed by atoms with Crippen molar-refractivity contribution in [3.63, 3.8) is 0 Å². The first-order valence-corrected chi connectivity index (χ1v) is 12.4. The highest BCUT2D eigenvalue weighted by atomic mass is 19.1. The van der Waals surface area contributed by atoms with Gasteiger partial charge in [-0.05, 0) is 72.9 Å². The largest absolute Gasteiger partial charge is 0.454 e. The number of fused-ring (bicyclic) bond motifs is 2. The van der Waals surface area contributed by atoms with Gasteiger partial charge in [0.1, 0.15) is 5.60 Å². The molecule has 3 heterocycles. The topological polar surface area (TPSA) is 52.2 Å². The van der Waals surface area contributed by atoms with E-state index in [1.165, 1.54) is 5.56 Å². The van der Waals surface area contributed by atoms with Crippen LogP contribution in [0.2, 0.25) is 0 Å². The van der Waals surface area contributed by atoms with Crippen LogP contribution < -0.4 is 19.9 Å². The Kier molecular flexibility index (Phi) is 5.19. The molecule has 7 heteroatoms. The number of benzene rings is 2. The minimum Gasteiger partial charge on any atom is -0.454 e. The maximum atomic E-state index is 15.4. The van der Waals surface area contributed by atoms with E-state index in [1.54, 1.807) is 6.07 Å². The van der Waals surface area contributed by atoms with E-state index < -0.39 is 5.60 Å². The van der Waals surface area contributed by atoms with Gasteiger partial charge in [-0.2, -0.15) is 0 Å². The third-order valence-electron chi connectivity index (χ3n) is 7.74. The predicted octanol–water partition coefficient (Wildman–Crippen LogP) is 5.54. The molecule has 34 heavy (non-hydrogen) atoms. The van der Waals surface area contributed by atoms with Crippen molar-refractivity contribution in [2.24, 2.45) is 5.41 Å². The zero-order valence-corrected chi connectivity index (χ0v) is 20.2. The lowest BCUT2D eigenvalue weighted by molar-refractivity contribution is 0.0750. The van der Waals surface area contributed by atoms with Gasteiger partial charge in [0.2, 0.25) is 6.79 Å². The summed E-state index contributed by atoms with van der Waals surface area (Å²) in [5, 5.41) is 0. The van der Waals surface area contributed by atoms with Crippen LogP contribution in [0, 0.1) is 11.2 Å². The molecule has 0 aromatic heterocycles. The molecule has 6 rings (SSSR count). The molecule has 1 aliphatic carbocycles. The Labute approximate surface area is 200 Å². The quantitative estimate of drug-likeness (QED) is 0.582. The van der Waals surface area contributed by atoms with Gasteiger partial charge < -0.3 is 19.1 Å². The third-order valence-corrected chi connectivity index (χ3v) is 7.74. The highest BCUT2D eigenvalue weighted by Gasteiger charge is 2.48. The van der Waals surface area contributed by atoms with Gasteiger partial charge in [0, 0.05) is 31.0 Å². The summed E-state index contributed by atoms with van der Waals surface area (Å²) in [7, 11) is 0. The Hall–Kier alpha value is -2.51. The molecule has 2 aromatic rings. The van der Waals surface area contributed by atoms with E-state index in [4.69, 9.17) is 19.0 Å². The zero-order chi connectivity index (χ0) is 23.5. The van der Waals surface area contributed by atoms with Crippen LogP contribution in [0.3, 0.4) is 0 Å². The summed E-state index contributed by atoms with van der Waals surface area (Å²) in [5.41, 5.74) is 6.20. The molecule has 0 bridgehead atoms. The van der Waals surface area contributed by atoms with Gasteiger partial charge in [-0.15, -0.1) is 0 Å². The lowest BCUT2D eigenvalue weighted by Gasteiger charge is -2.43. The van der Waals surface area contributed by atoms with E-state index >= 15 is 4.39 Å². The lowest BCUT2D eigenvalue weighted by atomic mass is 9.83. The maximum Gasteiger partial charge on any atom is 0.231 e. The summed E-state index contributed by atoms with van der Waals surface area (Å²) in [6.45, 7) is 8.60. The second-order valence-corrected chi connectivity index (χ2v) is 11.1. The molecule has 1 N–H and O–H groups in total. The minimum absolute atomic E-state index is 0.0787. The van der Waals surface area contributed by atoms with Crippen LogP contribution in [0.25, 0.3) is 0 Å². The fourth-order valence-electron chi connectivity index (χ4n) is 5.60. The van der Waals surface area contributed by atoms with Gasteiger partial charge in [-0.25, -0.2) is 4.39 Å². The van der Waals surface area contributed by atoms with Crippen LogP contribution in [-0.4, -0.2) is 32.1 Å². The van der Waals surface area contributed by atoms with Crippen molar-refractivity contribution in [2.75, 3.05) is 30.4 Å². The molecular formula is C27H33FN2O4. The molecule has 1 atom stereocenters. The van der Waals surface area contributed by atoms with Crippen molar-refractivity contribution >= 4 is 11.4 Å². The Bertz CT molecular complexity index is 1090. The average Bonchev–Trinajstić information content (AvgIpc) is 3.29. The van der Waals surface area contributed by atoms with Crippen molar-refractivity contribution in [3.05, 3.63) is 47.3 Å². The first kappa shape index (κ1) is 22.0. The number of nitrogens with zero attached hydrogens (tertiary/aromatic N) is 1. The van der Waals surface area contributed by atoms with Crippen LogP contribution >= 0.6 is 0 Å². The second-order valence-electron chi connectivity index (χ2n) is 11.1. The smallest absolute Gasteiger partial charge is 0.231 e. The highest BCUT2D eigenvalue weighted by molar-refractivity contribution is 5.66. The maximum absolute atomic E-state index is 15.4. The zero-order valence-electron chi connectivity index (χ0n) is 20.2. The Morgan fingerprint density at radius 3 is 2.56 bits per heavy atom. The summed E-state index contributed by atoms with van der Waals surface area (Å²) >= 11 is 0.